The zero-order valence-electron chi connectivity index (χ0n) is 17.6. The lowest BCUT2D eigenvalue weighted by atomic mass is 10.2. The molecule has 1 N–H and O–H groups in total. The number of fused-ring (bicyclic) bond motifs is 2. The van der Waals surface area contributed by atoms with E-state index >= 15 is 0 Å². The van der Waals surface area contributed by atoms with Gasteiger partial charge in [0.2, 0.25) is 0 Å². The maximum absolute atomic E-state index is 11.5. The van der Waals surface area contributed by atoms with E-state index in [4.69, 9.17) is 37.0 Å². The Hall–Kier alpha value is -2.13. The van der Waals surface area contributed by atoms with Gasteiger partial charge in [0.1, 0.15) is 10.6 Å². The van der Waals surface area contributed by atoms with Gasteiger partial charge in [0.25, 0.3) is 0 Å². The van der Waals surface area contributed by atoms with Crippen molar-refractivity contribution in [2.24, 2.45) is 0 Å². The third-order valence-electron chi connectivity index (χ3n) is 3.72. The van der Waals surface area contributed by atoms with Crippen LogP contribution in [0.25, 0.3) is 21.9 Å². The van der Waals surface area contributed by atoms with E-state index in [1.54, 1.807) is 30.5 Å². The first-order chi connectivity index (χ1) is 14.7. The Kier molecular flexibility index (Phi) is 9.51. The second kappa shape index (κ2) is 11.7. The lowest BCUT2D eigenvalue weighted by molar-refractivity contribution is 0.0531. The van der Waals surface area contributed by atoms with Crippen LogP contribution in [-0.4, -0.2) is 34.3 Å². The third-order valence-corrected chi connectivity index (χ3v) is 5.17. The molecule has 4 aromatic rings. The number of hydrogen-bond donors (Lipinski definition) is 1. The summed E-state index contributed by atoms with van der Waals surface area (Å²) >= 11 is 13.2. The maximum atomic E-state index is 11.5. The molecule has 11 heteroatoms. The highest BCUT2D eigenvalue weighted by atomic mass is 35.5. The lowest BCUT2D eigenvalue weighted by Crippen LogP contribution is -2.33. The number of alkyl carbamates (subject to hydrolysis) is 1. The number of carbonyl (C=O) groups is 1. The van der Waals surface area contributed by atoms with Crippen molar-refractivity contribution >= 4 is 75.4 Å². The van der Waals surface area contributed by atoms with Crippen LogP contribution < -0.4 is 5.32 Å². The highest BCUT2D eigenvalue weighted by Gasteiger charge is 2.15. The molecule has 0 saturated heterocycles. The van der Waals surface area contributed by atoms with E-state index < -0.39 is 11.7 Å². The van der Waals surface area contributed by atoms with Crippen molar-refractivity contribution in [3.8, 4) is 0 Å². The molecule has 0 spiro atoms. The van der Waals surface area contributed by atoms with Crippen molar-refractivity contribution in [3.63, 3.8) is 0 Å². The van der Waals surface area contributed by atoms with Gasteiger partial charge in [0, 0.05) is 27.7 Å². The number of nitrogens with zero attached hydrogens (tertiary/aromatic N) is 2. The molecule has 7 nitrogen and oxygen atoms in total. The van der Waals surface area contributed by atoms with Gasteiger partial charge >= 0.3 is 6.09 Å². The number of rotatable bonds is 4. The van der Waals surface area contributed by atoms with Crippen LogP contribution in [0.5, 0.6) is 0 Å². The molecule has 0 aliphatic carbocycles. The van der Waals surface area contributed by atoms with Gasteiger partial charge in [0.15, 0.2) is 11.2 Å². The predicted octanol–water partition coefficient (Wildman–Crippen LogP) is 7.00. The number of amides is 1. The molecule has 0 aliphatic rings. The number of benzene rings is 2. The quantitative estimate of drug-likeness (QED) is 0.230. The fourth-order valence-electron chi connectivity index (χ4n) is 2.45. The monoisotopic (exact) mass is 517 g/mol. The third kappa shape index (κ3) is 7.78. The summed E-state index contributed by atoms with van der Waals surface area (Å²) in [6, 6.07) is 10.7. The molecule has 2 aromatic carbocycles. The Bertz CT molecular complexity index is 1170. The second-order valence-corrected chi connectivity index (χ2v) is 9.37. The summed E-state index contributed by atoms with van der Waals surface area (Å²) in [5.74, 6) is 0.660. The van der Waals surface area contributed by atoms with Crippen LogP contribution in [-0.2, 0) is 4.74 Å². The molecule has 0 unspecified atom stereocenters. The second-order valence-electron chi connectivity index (χ2n) is 7.41. The summed E-state index contributed by atoms with van der Waals surface area (Å²) in [6.07, 6.45) is 1.22. The van der Waals surface area contributed by atoms with Gasteiger partial charge in [-0.05, 0) is 57.2 Å². The van der Waals surface area contributed by atoms with Crippen molar-refractivity contribution in [2.75, 3.05) is 12.3 Å². The number of nitrogens with one attached hydrogen (secondary N) is 1. The SMILES string of the molecule is CC(C)(C)OC(=O)NCCSc1noc2ccc(Cl)cc12.Cl.Clc1ccc2oncc2c1. The number of carbonyl (C=O) groups excluding carboxylic acids is 1. The number of ether oxygens (including phenoxy) is 1. The van der Waals surface area contributed by atoms with Crippen LogP contribution in [0.1, 0.15) is 20.8 Å². The lowest BCUT2D eigenvalue weighted by Gasteiger charge is -2.19. The summed E-state index contributed by atoms with van der Waals surface area (Å²) < 4.78 is 15.2. The van der Waals surface area contributed by atoms with Gasteiger partial charge in [-0.2, -0.15) is 0 Å². The van der Waals surface area contributed by atoms with Crippen molar-refractivity contribution in [1.29, 1.82) is 0 Å². The minimum Gasteiger partial charge on any atom is -0.444 e. The van der Waals surface area contributed by atoms with Crippen LogP contribution in [0.15, 0.2) is 56.7 Å². The molecule has 0 atom stereocenters. The number of hydrogen-bond acceptors (Lipinski definition) is 7. The van der Waals surface area contributed by atoms with Crippen LogP contribution in [0.4, 0.5) is 4.79 Å². The Balaban J connectivity index is 0.000000275. The maximum Gasteiger partial charge on any atom is 0.407 e. The van der Waals surface area contributed by atoms with E-state index in [-0.39, 0.29) is 12.4 Å². The smallest absolute Gasteiger partial charge is 0.407 e. The largest absolute Gasteiger partial charge is 0.444 e. The van der Waals surface area contributed by atoms with Crippen LogP contribution in [0, 0.1) is 0 Å². The summed E-state index contributed by atoms with van der Waals surface area (Å²) in [4.78, 5) is 11.5. The van der Waals surface area contributed by atoms with Gasteiger partial charge < -0.3 is 19.1 Å². The first kappa shape index (κ1) is 26.1. The first-order valence-electron chi connectivity index (χ1n) is 9.36. The minimum atomic E-state index is -0.490. The highest BCUT2D eigenvalue weighted by Crippen LogP contribution is 2.29. The molecule has 0 saturated carbocycles. The molecular formula is C21H22Cl3N3O4S. The molecule has 32 heavy (non-hydrogen) atoms. The number of thioether (sulfide) groups is 1. The summed E-state index contributed by atoms with van der Waals surface area (Å²) in [6.45, 7) is 5.96. The average Bonchev–Trinajstić information content (AvgIpc) is 3.30. The van der Waals surface area contributed by atoms with E-state index in [0.717, 1.165) is 21.4 Å². The van der Waals surface area contributed by atoms with Crippen molar-refractivity contribution in [2.45, 2.75) is 31.4 Å². The van der Waals surface area contributed by atoms with Gasteiger partial charge in [-0.1, -0.05) is 33.5 Å². The summed E-state index contributed by atoms with van der Waals surface area (Å²) in [5, 5.41) is 14.2. The number of halogens is 3. The van der Waals surface area contributed by atoms with E-state index in [1.165, 1.54) is 11.8 Å². The minimum absolute atomic E-state index is 0. The molecule has 2 heterocycles. The van der Waals surface area contributed by atoms with Gasteiger partial charge in [0.05, 0.1) is 11.6 Å². The van der Waals surface area contributed by atoms with Crippen LogP contribution in [0.3, 0.4) is 0 Å². The van der Waals surface area contributed by atoms with Crippen molar-refractivity contribution < 1.29 is 18.6 Å². The van der Waals surface area contributed by atoms with Gasteiger partial charge in [-0.25, -0.2) is 4.79 Å². The van der Waals surface area contributed by atoms with Crippen LogP contribution in [0.2, 0.25) is 10.0 Å². The summed E-state index contributed by atoms with van der Waals surface area (Å²) in [7, 11) is 0. The summed E-state index contributed by atoms with van der Waals surface area (Å²) in [5.41, 5.74) is 0.974. The average molecular weight is 519 g/mol. The molecule has 1 amide bonds. The Morgan fingerprint density at radius 2 is 1.78 bits per heavy atom. The molecule has 0 radical (unpaired) electrons. The first-order valence-corrected chi connectivity index (χ1v) is 11.1. The van der Waals surface area contributed by atoms with Gasteiger partial charge in [-0.3, -0.25) is 0 Å². The normalized spacial score (nSPS) is 10.9. The Morgan fingerprint density at radius 1 is 1.09 bits per heavy atom. The molecule has 0 fully saturated rings. The Labute approximate surface area is 205 Å². The van der Waals surface area contributed by atoms with Crippen molar-refractivity contribution in [3.05, 3.63) is 52.6 Å². The van der Waals surface area contributed by atoms with Crippen LogP contribution >= 0.6 is 47.4 Å². The van der Waals surface area contributed by atoms with E-state index in [9.17, 15) is 4.79 Å². The zero-order valence-corrected chi connectivity index (χ0v) is 20.7. The predicted molar refractivity (Wildman–Crippen MR) is 130 cm³/mol. The number of aromatic nitrogens is 2. The molecular weight excluding hydrogens is 497 g/mol. The highest BCUT2D eigenvalue weighted by molar-refractivity contribution is 7.99. The fraction of sp³-hybridized carbons (Fsp3) is 0.286. The molecule has 2 aromatic heterocycles. The fourth-order valence-corrected chi connectivity index (χ4v) is 3.61. The molecule has 172 valence electrons. The zero-order chi connectivity index (χ0) is 22.4. The van der Waals surface area contributed by atoms with Crippen molar-refractivity contribution in [1.82, 2.24) is 15.6 Å². The topological polar surface area (TPSA) is 90.4 Å². The Morgan fingerprint density at radius 3 is 2.50 bits per heavy atom. The molecule has 0 aliphatic heterocycles. The standard InChI is InChI=1S/C14H17ClN2O3S.C7H4ClNO.ClH/c1-14(2,3)19-13(18)16-6-7-21-12-10-8-9(15)4-5-11(10)20-17-12;8-6-1-2-7-5(3-6)4-9-10-7;/h4-5,8H,6-7H2,1-3H3,(H,16,18);1-4H;1H. The van der Waals surface area contributed by atoms with E-state index in [2.05, 4.69) is 15.6 Å². The van der Waals surface area contributed by atoms with E-state index in [1.807, 2.05) is 32.9 Å². The van der Waals surface area contributed by atoms with E-state index in [0.29, 0.717) is 27.9 Å². The molecule has 4 rings (SSSR count). The molecule has 0 bridgehead atoms. The van der Waals surface area contributed by atoms with Gasteiger partial charge in [-0.15, -0.1) is 24.2 Å².